The van der Waals surface area contributed by atoms with Gasteiger partial charge in [0.1, 0.15) is 0 Å². The Morgan fingerprint density at radius 1 is 0.963 bits per heavy atom. The van der Waals surface area contributed by atoms with Crippen molar-refractivity contribution in [2.45, 2.75) is 18.7 Å². The minimum atomic E-state index is -3.67. The molecule has 0 saturated heterocycles. The molecule has 0 bridgehead atoms. The van der Waals surface area contributed by atoms with Gasteiger partial charge in [0, 0.05) is 25.7 Å². The fourth-order valence-electron chi connectivity index (χ4n) is 2.68. The lowest BCUT2D eigenvalue weighted by molar-refractivity contribution is 0.0949. The summed E-state index contributed by atoms with van der Waals surface area (Å²) in [6.45, 7) is 7.37. The smallest absolute Gasteiger partial charge is 0.264 e. The molecular weight excluding hydrogens is 362 g/mol. The summed E-state index contributed by atoms with van der Waals surface area (Å²) < 4.78 is 26.7. The quantitative estimate of drug-likeness (QED) is 0.716. The topological polar surface area (TPSA) is 69.7 Å². The van der Waals surface area contributed by atoms with Crippen LogP contribution < -0.4 is 9.62 Å². The predicted molar refractivity (Wildman–Crippen MR) is 109 cm³/mol. The van der Waals surface area contributed by atoms with Crippen LogP contribution in [0.3, 0.4) is 0 Å². The number of hydrogen-bond donors (Lipinski definition) is 1. The number of amides is 1. The molecule has 0 saturated carbocycles. The standard InChI is InChI=1S/C20H27N3O3S/c1-4-23(5-2)16-15-21-20(24)17-11-13-19(14-12-17)27(25,26)22(3)18-9-7-6-8-10-18/h6-14H,4-5,15-16H2,1-3H3,(H,21,24). The van der Waals surface area contributed by atoms with Crippen LogP contribution in [0, 0.1) is 0 Å². The third-order valence-electron chi connectivity index (χ3n) is 4.50. The summed E-state index contributed by atoms with van der Waals surface area (Å²) in [6.07, 6.45) is 0. The van der Waals surface area contributed by atoms with Crippen molar-refractivity contribution in [1.29, 1.82) is 0 Å². The van der Waals surface area contributed by atoms with E-state index in [-0.39, 0.29) is 10.8 Å². The molecule has 1 amide bonds. The van der Waals surface area contributed by atoms with Gasteiger partial charge >= 0.3 is 0 Å². The van der Waals surface area contributed by atoms with Gasteiger partial charge in [-0.05, 0) is 49.5 Å². The molecule has 1 N–H and O–H groups in total. The molecule has 0 aliphatic carbocycles. The maximum atomic E-state index is 12.7. The molecule has 0 atom stereocenters. The van der Waals surface area contributed by atoms with Crippen molar-refractivity contribution < 1.29 is 13.2 Å². The van der Waals surface area contributed by atoms with E-state index >= 15 is 0 Å². The number of para-hydroxylation sites is 1. The molecule has 0 fully saturated rings. The Morgan fingerprint density at radius 3 is 2.11 bits per heavy atom. The average Bonchev–Trinajstić information content (AvgIpc) is 2.71. The van der Waals surface area contributed by atoms with Crippen LogP contribution in [-0.4, -0.2) is 52.5 Å². The average molecular weight is 390 g/mol. The molecule has 0 aliphatic rings. The summed E-state index contributed by atoms with van der Waals surface area (Å²) in [5.41, 5.74) is 1.02. The molecule has 0 spiro atoms. The van der Waals surface area contributed by atoms with Crippen LogP contribution in [0.1, 0.15) is 24.2 Å². The maximum absolute atomic E-state index is 12.7. The zero-order valence-corrected chi connectivity index (χ0v) is 16.9. The molecule has 0 heterocycles. The lowest BCUT2D eigenvalue weighted by atomic mass is 10.2. The minimum Gasteiger partial charge on any atom is -0.351 e. The van der Waals surface area contributed by atoms with Crippen LogP contribution in [0.4, 0.5) is 5.69 Å². The van der Waals surface area contributed by atoms with Gasteiger partial charge in [-0.2, -0.15) is 0 Å². The van der Waals surface area contributed by atoms with E-state index < -0.39 is 10.0 Å². The van der Waals surface area contributed by atoms with Crippen LogP contribution in [0.5, 0.6) is 0 Å². The number of sulfonamides is 1. The van der Waals surface area contributed by atoms with E-state index in [2.05, 4.69) is 24.1 Å². The molecule has 0 aliphatic heterocycles. The summed E-state index contributed by atoms with van der Waals surface area (Å²) in [7, 11) is -2.16. The molecule has 2 aromatic rings. The molecule has 27 heavy (non-hydrogen) atoms. The van der Waals surface area contributed by atoms with E-state index in [0.717, 1.165) is 19.6 Å². The van der Waals surface area contributed by atoms with Crippen LogP contribution in [-0.2, 0) is 10.0 Å². The Labute approximate surface area is 161 Å². The van der Waals surface area contributed by atoms with Crippen molar-refractivity contribution in [3.8, 4) is 0 Å². The second kappa shape index (κ2) is 9.53. The molecule has 146 valence electrons. The van der Waals surface area contributed by atoms with Gasteiger partial charge < -0.3 is 10.2 Å². The van der Waals surface area contributed by atoms with E-state index in [4.69, 9.17) is 0 Å². The van der Waals surface area contributed by atoms with Crippen molar-refractivity contribution in [1.82, 2.24) is 10.2 Å². The Balaban J connectivity index is 2.04. The van der Waals surface area contributed by atoms with Gasteiger partial charge in [-0.15, -0.1) is 0 Å². The molecular formula is C20H27N3O3S. The third-order valence-corrected chi connectivity index (χ3v) is 6.30. The largest absolute Gasteiger partial charge is 0.351 e. The van der Waals surface area contributed by atoms with Gasteiger partial charge in [0.25, 0.3) is 15.9 Å². The number of rotatable bonds is 9. The van der Waals surface area contributed by atoms with Gasteiger partial charge in [0.15, 0.2) is 0 Å². The van der Waals surface area contributed by atoms with Crippen molar-refractivity contribution in [3.05, 3.63) is 60.2 Å². The summed E-state index contributed by atoms with van der Waals surface area (Å²) in [5, 5.41) is 2.86. The number of carbonyl (C=O) groups excluding carboxylic acids is 1. The van der Waals surface area contributed by atoms with Gasteiger partial charge in [-0.1, -0.05) is 32.0 Å². The molecule has 2 rings (SSSR count). The lowest BCUT2D eigenvalue weighted by Crippen LogP contribution is -2.34. The third kappa shape index (κ3) is 5.30. The monoisotopic (exact) mass is 389 g/mol. The SMILES string of the molecule is CCN(CC)CCNC(=O)c1ccc(S(=O)(=O)N(C)c2ccccc2)cc1. The number of anilines is 1. The number of nitrogens with zero attached hydrogens (tertiary/aromatic N) is 2. The van der Waals surface area contributed by atoms with Crippen LogP contribution >= 0.6 is 0 Å². The Bertz CT molecular complexity index is 833. The fourth-order valence-corrected chi connectivity index (χ4v) is 3.88. The first kappa shape index (κ1) is 20.9. The molecule has 0 aromatic heterocycles. The summed E-state index contributed by atoms with van der Waals surface area (Å²) in [5.74, 6) is -0.206. The lowest BCUT2D eigenvalue weighted by Gasteiger charge is -2.19. The van der Waals surface area contributed by atoms with Crippen molar-refractivity contribution in [3.63, 3.8) is 0 Å². The Hall–Kier alpha value is -2.38. The highest BCUT2D eigenvalue weighted by Gasteiger charge is 2.21. The first-order valence-corrected chi connectivity index (χ1v) is 10.5. The maximum Gasteiger partial charge on any atom is 0.264 e. The Kier molecular flexibility index (Phi) is 7.38. The van der Waals surface area contributed by atoms with Crippen LogP contribution in [0.2, 0.25) is 0 Å². The van der Waals surface area contributed by atoms with Crippen LogP contribution in [0.25, 0.3) is 0 Å². The summed E-state index contributed by atoms with van der Waals surface area (Å²) >= 11 is 0. The summed E-state index contributed by atoms with van der Waals surface area (Å²) in [6, 6.07) is 14.9. The second-order valence-electron chi connectivity index (χ2n) is 6.12. The molecule has 0 unspecified atom stereocenters. The van der Waals surface area contributed by atoms with E-state index in [9.17, 15) is 13.2 Å². The minimum absolute atomic E-state index is 0.147. The molecule has 2 aromatic carbocycles. The number of hydrogen-bond acceptors (Lipinski definition) is 4. The highest BCUT2D eigenvalue weighted by atomic mass is 32.2. The predicted octanol–water partition coefficient (Wildman–Crippen LogP) is 2.58. The second-order valence-corrected chi connectivity index (χ2v) is 8.08. The normalized spacial score (nSPS) is 11.4. The fraction of sp³-hybridized carbons (Fsp3) is 0.350. The van der Waals surface area contributed by atoms with E-state index in [1.165, 1.54) is 23.5 Å². The number of carbonyl (C=O) groups is 1. The molecule has 7 heteroatoms. The van der Waals surface area contributed by atoms with Gasteiger partial charge in [0.2, 0.25) is 0 Å². The van der Waals surface area contributed by atoms with Crippen molar-refractivity contribution in [2.75, 3.05) is 37.5 Å². The zero-order valence-electron chi connectivity index (χ0n) is 16.1. The van der Waals surface area contributed by atoms with E-state index in [0.29, 0.717) is 17.8 Å². The number of benzene rings is 2. The van der Waals surface area contributed by atoms with Gasteiger partial charge in [0.05, 0.1) is 10.6 Å². The van der Waals surface area contributed by atoms with Crippen molar-refractivity contribution >= 4 is 21.6 Å². The van der Waals surface area contributed by atoms with Crippen LogP contribution in [0.15, 0.2) is 59.5 Å². The highest BCUT2D eigenvalue weighted by molar-refractivity contribution is 7.92. The van der Waals surface area contributed by atoms with Gasteiger partial charge in [-0.25, -0.2) is 8.42 Å². The number of nitrogens with one attached hydrogen (secondary N) is 1. The number of likely N-dealkylation sites (N-methyl/N-ethyl adjacent to an activating group) is 1. The highest BCUT2D eigenvalue weighted by Crippen LogP contribution is 2.21. The van der Waals surface area contributed by atoms with E-state index in [1.807, 2.05) is 6.07 Å². The van der Waals surface area contributed by atoms with Gasteiger partial charge in [-0.3, -0.25) is 9.10 Å². The van der Waals surface area contributed by atoms with E-state index in [1.54, 1.807) is 36.4 Å². The first-order valence-electron chi connectivity index (χ1n) is 9.04. The van der Waals surface area contributed by atoms with Crippen molar-refractivity contribution in [2.24, 2.45) is 0 Å². The zero-order chi connectivity index (χ0) is 19.9. The Morgan fingerprint density at radius 2 is 1.56 bits per heavy atom. The molecule has 0 radical (unpaired) electrons. The molecule has 6 nitrogen and oxygen atoms in total. The first-order chi connectivity index (χ1) is 12.9. The summed E-state index contributed by atoms with van der Waals surface area (Å²) in [4.78, 5) is 14.6.